The summed E-state index contributed by atoms with van der Waals surface area (Å²) in [7, 11) is 1.08. The Morgan fingerprint density at radius 2 is 0.548 bits per heavy atom. The molecule has 412 valence electrons. The predicted molar refractivity (Wildman–Crippen MR) is 357 cm³/mol. The van der Waals surface area contributed by atoms with Crippen molar-refractivity contribution in [3.05, 3.63) is 230 Å². The zero-order valence-electron chi connectivity index (χ0n) is 49.1. The van der Waals surface area contributed by atoms with Crippen molar-refractivity contribution in [2.24, 2.45) is 46.3 Å². The molecule has 0 atom stereocenters. The van der Waals surface area contributed by atoms with Gasteiger partial charge in [-0.05, 0) is 190 Å². The predicted octanol–water partition coefficient (Wildman–Crippen LogP) is 22.7. The zero-order valence-corrected chi connectivity index (χ0v) is 52.6. The molecule has 0 saturated heterocycles. The molecular formula is C82H76SiZr. The Morgan fingerprint density at radius 3 is 0.845 bits per heavy atom. The molecule has 0 heterocycles. The van der Waals surface area contributed by atoms with Crippen LogP contribution in [-0.2, 0) is 39.0 Å². The van der Waals surface area contributed by atoms with E-state index in [0.717, 1.165) is 45.0 Å². The summed E-state index contributed by atoms with van der Waals surface area (Å²) in [5, 5.41) is 16.3. The third-order valence-electron chi connectivity index (χ3n) is 21.7. The van der Waals surface area contributed by atoms with E-state index >= 15 is 0 Å². The molecular weight excluding hydrogens is 1100 g/mol. The molecule has 0 spiro atoms. The molecule has 8 fully saturated rings. The molecule has 8 aliphatic rings. The first-order valence-corrected chi connectivity index (χ1v) is 33.8. The monoisotopic (exact) mass is 1180 g/mol. The average molecular weight is 1180 g/mol. The van der Waals surface area contributed by atoms with E-state index in [-0.39, 0.29) is 26.2 Å². The third-order valence-corrected chi connectivity index (χ3v) is 21.7. The Kier molecular flexibility index (Phi) is 14.3. The fraction of sp³-hybridized carbons (Fsp3) is 0.293. The van der Waals surface area contributed by atoms with Crippen molar-refractivity contribution in [2.75, 3.05) is 0 Å². The average Bonchev–Trinajstić information content (AvgIpc) is 3.83. The molecule has 0 nitrogen and oxygen atoms in total. The minimum Gasteiger partial charge on any atom is -0.164 e. The quantitative estimate of drug-likeness (QED) is 0.105. The van der Waals surface area contributed by atoms with Gasteiger partial charge in [-0.15, -0.1) is 44.8 Å². The Morgan fingerprint density at radius 1 is 0.310 bits per heavy atom. The first-order valence-electron chi connectivity index (χ1n) is 31.8. The van der Waals surface area contributed by atoms with Gasteiger partial charge in [-0.25, -0.2) is 0 Å². The second-order valence-corrected chi connectivity index (χ2v) is 28.5. The van der Waals surface area contributed by atoms with Crippen LogP contribution in [0.1, 0.15) is 88.2 Å². The van der Waals surface area contributed by atoms with Crippen molar-refractivity contribution >= 4 is 74.2 Å². The van der Waals surface area contributed by atoms with E-state index in [2.05, 4.69) is 231 Å². The van der Waals surface area contributed by atoms with Gasteiger partial charge in [-0.2, -0.15) is 12.1 Å². The van der Waals surface area contributed by atoms with E-state index in [1.165, 1.54) is 199 Å². The summed E-state index contributed by atoms with van der Waals surface area (Å²) >= 11 is 0. The van der Waals surface area contributed by atoms with Gasteiger partial charge >= 0.3 is 26.2 Å². The summed E-state index contributed by atoms with van der Waals surface area (Å²) in [6, 6.07) is 82.5. The van der Waals surface area contributed by atoms with Crippen LogP contribution in [0.4, 0.5) is 0 Å². The van der Waals surface area contributed by atoms with Gasteiger partial charge in [0.15, 0.2) is 0 Å². The van der Waals surface area contributed by atoms with Crippen LogP contribution >= 0.6 is 0 Å². The van der Waals surface area contributed by atoms with Crippen LogP contribution in [0.15, 0.2) is 218 Å². The molecule has 2 radical (unpaired) electrons. The number of benzene rings is 10. The van der Waals surface area contributed by atoms with E-state index in [1.54, 1.807) is 11.1 Å². The van der Waals surface area contributed by atoms with E-state index in [4.69, 9.17) is 0 Å². The third kappa shape index (κ3) is 9.75. The maximum absolute atomic E-state index is 2.58. The Bertz CT molecular complexity index is 3820. The van der Waals surface area contributed by atoms with Gasteiger partial charge < -0.3 is 0 Å². The van der Waals surface area contributed by atoms with Gasteiger partial charge in [0.2, 0.25) is 0 Å². The number of fused-ring (bicyclic) bond motifs is 6. The first-order chi connectivity index (χ1) is 40.8. The van der Waals surface area contributed by atoms with Gasteiger partial charge in [-0.1, -0.05) is 241 Å². The van der Waals surface area contributed by atoms with E-state index in [1.807, 2.05) is 0 Å². The summed E-state index contributed by atoms with van der Waals surface area (Å²) in [5.74, 6) is 5.96. The van der Waals surface area contributed by atoms with Crippen molar-refractivity contribution < 1.29 is 26.2 Å². The fourth-order valence-corrected chi connectivity index (χ4v) is 19.6. The Labute approximate surface area is 519 Å². The van der Waals surface area contributed by atoms with Gasteiger partial charge in [0, 0.05) is 9.52 Å². The van der Waals surface area contributed by atoms with E-state index in [9.17, 15) is 0 Å². The van der Waals surface area contributed by atoms with Crippen molar-refractivity contribution in [2.45, 2.75) is 103 Å². The minimum absolute atomic E-state index is 0. The van der Waals surface area contributed by atoms with Crippen LogP contribution in [0, 0.1) is 46.3 Å². The SMILES string of the molecule is C[Si]C.[Zr+2].c1ccc2c(-c3ccc(-c4cccc5ccccc45)c4[cH-]c(CC56CC7CC(CC(C7)C5)C6)cc34)cccc2c1.c1ccc2c(-c3ccc(-c4cccc5ccccc45)c4[cH-]c(CC56CC7CC(CC(C7)C5)C6)cc34)cccc2c1. The summed E-state index contributed by atoms with van der Waals surface area (Å²) < 4.78 is 0. The van der Waals surface area contributed by atoms with Crippen LogP contribution in [0.3, 0.4) is 0 Å². The summed E-state index contributed by atoms with van der Waals surface area (Å²) in [4.78, 5) is 0. The van der Waals surface area contributed by atoms with Crippen molar-refractivity contribution in [3.63, 3.8) is 0 Å². The molecule has 0 aliphatic heterocycles. The summed E-state index contributed by atoms with van der Waals surface area (Å²) in [5.41, 5.74) is 15.1. The van der Waals surface area contributed by atoms with Crippen LogP contribution in [0.5, 0.6) is 0 Å². The maximum Gasteiger partial charge on any atom is 2.00 e. The molecule has 12 aromatic carbocycles. The van der Waals surface area contributed by atoms with Crippen LogP contribution in [-0.4, -0.2) is 9.52 Å². The molecule has 0 aromatic heterocycles. The second kappa shape index (κ2) is 22.1. The normalized spacial score (nSPS) is 24.4. The molecule has 2 heteroatoms. The molecule has 20 rings (SSSR count). The van der Waals surface area contributed by atoms with Crippen molar-refractivity contribution in [1.29, 1.82) is 0 Å². The van der Waals surface area contributed by atoms with Gasteiger partial charge in [0.1, 0.15) is 0 Å². The van der Waals surface area contributed by atoms with Gasteiger partial charge in [0.05, 0.1) is 0 Å². The molecule has 0 amide bonds. The Balaban J connectivity index is 0.000000135. The second-order valence-electron chi connectivity index (χ2n) is 27.5. The number of rotatable bonds is 8. The smallest absolute Gasteiger partial charge is 0.164 e. The molecule has 8 saturated carbocycles. The standard InChI is InChI=1S/2C40H35.C2H6Si.Zr/c2*1-3-11-32-30(7-1)9-5-13-34(32)36-15-16-37(35-14-6-10-31-8-2-4-12-33(31)35)39-21-29(20-38(36)39)25-40-22-26-17-27(23-40)19-28(18-26)24-40;1-3-2;/h2*1-16,20-21,26-28H,17-19,22-25H2;1-2H3;/q2*-1;;+2. The van der Waals surface area contributed by atoms with Crippen molar-refractivity contribution in [1.82, 2.24) is 0 Å². The van der Waals surface area contributed by atoms with Gasteiger partial charge in [-0.3, -0.25) is 0 Å². The molecule has 12 aromatic rings. The van der Waals surface area contributed by atoms with E-state index < -0.39 is 0 Å². The topological polar surface area (TPSA) is 0 Å². The number of hydrogen-bond acceptors (Lipinski definition) is 0. The maximum atomic E-state index is 2.58. The zero-order chi connectivity index (χ0) is 55.2. The molecule has 0 unspecified atom stereocenters. The van der Waals surface area contributed by atoms with Crippen molar-refractivity contribution in [3.8, 4) is 44.5 Å². The Hall–Kier alpha value is -6.44. The molecule has 84 heavy (non-hydrogen) atoms. The van der Waals surface area contributed by atoms with E-state index in [0.29, 0.717) is 10.8 Å². The minimum atomic E-state index is 0. The van der Waals surface area contributed by atoms with Crippen LogP contribution < -0.4 is 0 Å². The summed E-state index contributed by atoms with van der Waals surface area (Å²) in [6.07, 6.45) is 20.4. The summed E-state index contributed by atoms with van der Waals surface area (Å²) in [6.45, 7) is 4.31. The van der Waals surface area contributed by atoms with Gasteiger partial charge in [0.25, 0.3) is 0 Å². The fourth-order valence-electron chi connectivity index (χ4n) is 19.6. The largest absolute Gasteiger partial charge is 2.00 e. The first kappa shape index (κ1) is 54.2. The molecule has 8 bridgehead atoms. The van der Waals surface area contributed by atoms with Crippen LogP contribution in [0.2, 0.25) is 13.1 Å². The number of hydrogen-bond donors (Lipinski definition) is 0. The van der Waals surface area contributed by atoms with Crippen LogP contribution in [0.25, 0.3) is 109 Å². The molecule has 0 N–H and O–H groups in total. The molecule has 8 aliphatic carbocycles.